The Balaban J connectivity index is 2.05. The SMILES string of the molecule is CC1(C)OB(c2cccc3ncoc23)OC1(C)C. The van der Waals surface area contributed by atoms with E-state index in [4.69, 9.17) is 13.7 Å². The summed E-state index contributed by atoms with van der Waals surface area (Å²) < 4.78 is 17.5. The molecule has 4 nitrogen and oxygen atoms in total. The zero-order valence-corrected chi connectivity index (χ0v) is 11.1. The van der Waals surface area contributed by atoms with Crippen molar-refractivity contribution in [2.75, 3.05) is 0 Å². The maximum Gasteiger partial charge on any atom is 0.498 e. The summed E-state index contributed by atoms with van der Waals surface area (Å²) in [5.74, 6) is 0. The molecule has 1 aromatic heterocycles. The van der Waals surface area contributed by atoms with Crippen LogP contribution in [-0.2, 0) is 9.31 Å². The van der Waals surface area contributed by atoms with E-state index >= 15 is 0 Å². The molecule has 2 aromatic rings. The largest absolute Gasteiger partial charge is 0.498 e. The highest BCUT2D eigenvalue weighted by molar-refractivity contribution is 6.64. The highest BCUT2D eigenvalue weighted by atomic mass is 16.7. The number of oxazole rings is 1. The highest BCUT2D eigenvalue weighted by Crippen LogP contribution is 2.36. The minimum Gasteiger partial charge on any atom is -0.444 e. The third kappa shape index (κ3) is 1.58. The van der Waals surface area contributed by atoms with Crippen LogP contribution < -0.4 is 5.46 Å². The van der Waals surface area contributed by atoms with Crippen molar-refractivity contribution < 1.29 is 13.7 Å². The average molecular weight is 245 g/mol. The monoisotopic (exact) mass is 245 g/mol. The zero-order valence-electron chi connectivity index (χ0n) is 11.1. The summed E-state index contributed by atoms with van der Waals surface area (Å²) in [7, 11) is -0.411. The van der Waals surface area contributed by atoms with Gasteiger partial charge in [-0.1, -0.05) is 12.1 Å². The molecular formula is C13H16BNO3. The second-order valence-electron chi connectivity index (χ2n) is 5.64. The van der Waals surface area contributed by atoms with Gasteiger partial charge in [-0.05, 0) is 33.8 Å². The van der Waals surface area contributed by atoms with Gasteiger partial charge in [0, 0.05) is 5.46 Å². The Morgan fingerprint density at radius 2 is 1.72 bits per heavy atom. The Morgan fingerprint density at radius 1 is 1.06 bits per heavy atom. The number of hydrogen-bond acceptors (Lipinski definition) is 4. The first-order valence-corrected chi connectivity index (χ1v) is 6.08. The topological polar surface area (TPSA) is 44.5 Å². The standard InChI is InChI=1S/C13H16BNO3/c1-12(2)13(3,4)18-14(17-12)9-6-5-7-10-11(9)16-8-15-10/h5-8H,1-4H3. The molecule has 2 heterocycles. The van der Waals surface area contributed by atoms with E-state index in [0.29, 0.717) is 0 Å². The molecule has 0 spiro atoms. The van der Waals surface area contributed by atoms with E-state index in [-0.39, 0.29) is 11.2 Å². The van der Waals surface area contributed by atoms with Gasteiger partial charge in [0.05, 0.1) is 11.2 Å². The smallest absolute Gasteiger partial charge is 0.444 e. The number of rotatable bonds is 1. The van der Waals surface area contributed by atoms with Gasteiger partial charge in [0.25, 0.3) is 0 Å². The number of para-hydroxylation sites is 1. The second kappa shape index (κ2) is 3.59. The van der Waals surface area contributed by atoms with Crippen LogP contribution in [0.1, 0.15) is 27.7 Å². The van der Waals surface area contributed by atoms with Gasteiger partial charge in [0.2, 0.25) is 0 Å². The van der Waals surface area contributed by atoms with Crippen molar-refractivity contribution in [2.24, 2.45) is 0 Å². The van der Waals surface area contributed by atoms with E-state index in [1.807, 2.05) is 45.9 Å². The molecular weight excluding hydrogens is 229 g/mol. The zero-order chi connectivity index (χ0) is 13.0. The first kappa shape index (κ1) is 11.7. The van der Waals surface area contributed by atoms with Gasteiger partial charge >= 0.3 is 7.12 Å². The average Bonchev–Trinajstić information content (AvgIpc) is 2.81. The molecule has 1 saturated heterocycles. The first-order chi connectivity index (χ1) is 8.41. The lowest BCUT2D eigenvalue weighted by Gasteiger charge is -2.32. The molecule has 1 aliphatic rings. The van der Waals surface area contributed by atoms with Crippen LogP contribution >= 0.6 is 0 Å². The van der Waals surface area contributed by atoms with Crippen LogP contribution in [-0.4, -0.2) is 23.3 Å². The van der Waals surface area contributed by atoms with Gasteiger partial charge in [-0.15, -0.1) is 0 Å². The molecule has 3 rings (SSSR count). The Labute approximate surface area is 106 Å². The van der Waals surface area contributed by atoms with E-state index < -0.39 is 7.12 Å². The molecule has 0 radical (unpaired) electrons. The molecule has 1 fully saturated rings. The normalized spacial score (nSPS) is 21.7. The number of nitrogens with zero attached hydrogens (tertiary/aromatic N) is 1. The van der Waals surface area contributed by atoms with Crippen molar-refractivity contribution in [3.63, 3.8) is 0 Å². The van der Waals surface area contributed by atoms with Gasteiger partial charge < -0.3 is 13.7 Å². The van der Waals surface area contributed by atoms with Crippen molar-refractivity contribution in [2.45, 2.75) is 38.9 Å². The lowest BCUT2D eigenvalue weighted by Crippen LogP contribution is -2.41. The molecule has 0 bridgehead atoms. The van der Waals surface area contributed by atoms with Crippen LogP contribution in [0.2, 0.25) is 0 Å². The van der Waals surface area contributed by atoms with E-state index in [2.05, 4.69) is 4.98 Å². The van der Waals surface area contributed by atoms with Crippen molar-refractivity contribution >= 4 is 23.7 Å². The lowest BCUT2D eigenvalue weighted by molar-refractivity contribution is 0.00578. The molecule has 0 amide bonds. The van der Waals surface area contributed by atoms with Crippen molar-refractivity contribution in [1.82, 2.24) is 4.98 Å². The second-order valence-corrected chi connectivity index (χ2v) is 5.64. The summed E-state index contributed by atoms with van der Waals surface area (Å²) in [5.41, 5.74) is 1.75. The number of hydrogen-bond donors (Lipinski definition) is 0. The van der Waals surface area contributed by atoms with E-state index in [1.165, 1.54) is 6.39 Å². The molecule has 0 atom stereocenters. The van der Waals surface area contributed by atoms with Crippen LogP contribution in [0.3, 0.4) is 0 Å². The van der Waals surface area contributed by atoms with Crippen LogP contribution in [0.25, 0.3) is 11.1 Å². The Hall–Kier alpha value is -1.33. The number of benzene rings is 1. The molecule has 0 saturated carbocycles. The van der Waals surface area contributed by atoms with Crippen molar-refractivity contribution in [1.29, 1.82) is 0 Å². The summed E-state index contributed by atoms with van der Waals surface area (Å²) >= 11 is 0. The summed E-state index contributed by atoms with van der Waals surface area (Å²) in [5, 5.41) is 0. The van der Waals surface area contributed by atoms with E-state index in [9.17, 15) is 0 Å². The minimum absolute atomic E-state index is 0.347. The van der Waals surface area contributed by atoms with Crippen LogP contribution in [0.5, 0.6) is 0 Å². The summed E-state index contributed by atoms with van der Waals surface area (Å²) in [4.78, 5) is 4.15. The molecule has 0 unspecified atom stereocenters. The summed E-state index contributed by atoms with van der Waals surface area (Å²) in [6.45, 7) is 8.14. The van der Waals surface area contributed by atoms with Crippen LogP contribution in [0.4, 0.5) is 0 Å². The van der Waals surface area contributed by atoms with Crippen LogP contribution in [0.15, 0.2) is 29.0 Å². The minimum atomic E-state index is -0.411. The van der Waals surface area contributed by atoms with Crippen molar-refractivity contribution in [3.8, 4) is 0 Å². The predicted molar refractivity (Wildman–Crippen MR) is 69.7 cm³/mol. The lowest BCUT2D eigenvalue weighted by atomic mass is 9.78. The Bertz CT molecular complexity index is 575. The van der Waals surface area contributed by atoms with Gasteiger partial charge in [-0.25, -0.2) is 4.98 Å². The van der Waals surface area contributed by atoms with E-state index in [0.717, 1.165) is 16.6 Å². The maximum atomic E-state index is 6.02. The molecule has 18 heavy (non-hydrogen) atoms. The van der Waals surface area contributed by atoms with Gasteiger partial charge in [0.15, 0.2) is 12.0 Å². The Kier molecular flexibility index (Phi) is 2.34. The maximum absolute atomic E-state index is 6.02. The molecule has 1 aliphatic heterocycles. The van der Waals surface area contributed by atoms with Crippen LogP contribution in [0, 0.1) is 0 Å². The number of aromatic nitrogens is 1. The molecule has 5 heteroatoms. The van der Waals surface area contributed by atoms with E-state index in [1.54, 1.807) is 0 Å². The number of fused-ring (bicyclic) bond motifs is 1. The molecule has 1 aromatic carbocycles. The third-order valence-corrected chi connectivity index (χ3v) is 3.89. The fourth-order valence-electron chi connectivity index (χ4n) is 2.06. The fourth-order valence-corrected chi connectivity index (χ4v) is 2.06. The Morgan fingerprint density at radius 3 is 2.39 bits per heavy atom. The summed E-state index contributed by atoms with van der Waals surface area (Å²) in [6, 6.07) is 5.80. The predicted octanol–water partition coefficient (Wildman–Crippen LogP) is 2.13. The van der Waals surface area contributed by atoms with Gasteiger partial charge in [-0.2, -0.15) is 0 Å². The molecule has 0 aliphatic carbocycles. The fraction of sp³-hybridized carbons (Fsp3) is 0.462. The molecule has 0 N–H and O–H groups in total. The van der Waals surface area contributed by atoms with Gasteiger partial charge in [-0.3, -0.25) is 0 Å². The third-order valence-electron chi connectivity index (χ3n) is 3.89. The van der Waals surface area contributed by atoms with Gasteiger partial charge in [0.1, 0.15) is 5.52 Å². The quantitative estimate of drug-likeness (QED) is 0.722. The first-order valence-electron chi connectivity index (χ1n) is 6.08. The highest BCUT2D eigenvalue weighted by Gasteiger charge is 2.52. The van der Waals surface area contributed by atoms with Crippen molar-refractivity contribution in [3.05, 3.63) is 24.6 Å². The summed E-state index contributed by atoms with van der Waals surface area (Å²) in [6.07, 6.45) is 1.44. The molecule has 94 valence electrons.